The molecule has 6 nitrogen and oxygen atoms in total. The molecule has 1 aliphatic heterocycles. The Balaban J connectivity index is 1.52. The van der Waals surface area contributed by atoms with Gasteiger partial charge < -0.3 is 20.1 Å². The molecule has 27 heavy (non-hydrogen) atoms. The molecule has 2 N–H and O–H groups in total. The Labute approximate surface area is 158 Å². The number of aliphatic hydroxyl groups excluding tert-OH is 1. The lowest BCUT2D eigenvalue weighted by Gasteiger charge is -2.36. The van der Waals surface area contributed by atoms with Gasteiger partial charge in [-0.25, -0.2) is 0 Å². The fraction of sp³-hybridized carbons (Fsp3) is 0.333. The molecule has 2 aromatic rings. The van der Waals surface area contributed by atoms with Crippen LogP contribution in [0.1, 0.15) is 22.3 Å². The fourth-order valence-corrected chi connectivity index (χ4v) is 3.23. The Morgan fingerprint density at radius 3 is 2.48 bits per heavy atom. The van der Waals surface area contributed by atoms with Crippen molar-refractivity contribution in [3.05, 3.63) is 65.7 Å². The summed E-state index contributed by atoms with van der Waals surface area (Å²) >= 11 is 0. The van der Waals surface area contributed by atoms with Gasteiger partial charge in [-0.05, 0) is 36.2 Å². The third kappa shape index (κ3) is 4.86. The summed E-state index contributed by atoms with van der Waals surface area (Å²) in [5.74, 6) is 0.495. The number of rotatable bonds is 5. The van der Waals surface area contributed by atoms with Gasteiger partial charge in [0.2, 0.25) is 5.91 Å². The zero-order valence-electron chi connectivity index (χ0n) is 15.3. The summed E-state index contributed by atoms with van der Waals surface area (Å²) < 4.78 is 5.11. The number of nitrogens with one attached hydrogen (secondary N) is 1. The topological polar surface area (TPSA) is 78.9 Å². The van der Waals surface area contributed by atoms with Crippen molar-refractivity contribution < 1.29 is 19.4 Å². The monoisotopic (exact) mass is 368 g/mol. The van der Waals surface area contributed by atoms with Crippen molar-refractivity contribution in [1.29, 1.82) is 0 Å². The number of β-amino-alcohol motifs (C(OH)–C–C–N with tert-alkyl or cyclic N) is 1. The van der Waals surface area contributed by atoms with Crippen LogP contribution in [0.2, 0.25) is 0 Å². The first-order valence-electron chi connectivity index (χ1n) is 9.01. The summed E-state index contributed by atoms with van der Waals surface area (Å²) in [4.78, 5) is 26.4. The predicted molar refractivity (Wildman–Crippen MR) is 102 cm³/mol. The largest absolute Gasteiger partial charge is 0.497 e. The van der Waals surface area contributed by atoms with Gasteiger partial charge in [-0.2, -0.15) is 0 Å². The first kappa shape index (κ1) is 18.9. The number of aliphatic hydroxyl groups is 1. The van der Waals surface area contributed by atoms with E-state index in [2.05, 4.69) is 5.32 Å². The standard InChI is InChI=1S/C21H24N2O4/c1-27-17-9-7-15(8-10-17)13-20(25)22-18-11-12-23(14-19(18)24)21(26)16-5-3-2-4-6-16/h2-10,18-19,24H,11-14H2,1H3,(H,22,25)/t18-,19-/m1/s1. The van der Waals surface area contributed by atoms with E-state index in [1.54, 1.807) is 24.1 Å². The molecule has 0 unspecified atom stereocenters. The van der Waals surface area contributed by atoms with E-state index in [4.69, 9.17) is 4.74 Å². The van der Waals surface area contributed by atoms with Gasteiger partial charge in [-0.15, -0.1) is 0 Å². The second kappa shape index (κ2) is 8.68. The lowest BCUT2D eigenvalue weighted by Crippen LogP contribution is -2.55. The summed E-state index contributed by atoms with van der Waals surface area (Å²) in [6.07, 6.45) is -0.0280. The van der Waals surface area contributed by atoms with Crippen LogP contribution in [0.4, 0.5) is 0 Å². The first-order valence-corrected chi connectivity index (χ1v) is 9.01. The number of amides is 2. The highest BCUT2D eigenvalue weighted by Gasteiger charge is 2.31. The highest BCUT2D eigenvalue weighted by atomic mass is 16.5. The van der Waals surface area contributed by atoms with Crippen LogP contribution in [0.25, 0.3) is 0 Å². The molecule has 3 rings (SSSR count). The minimum absolute atomic E-state index is 0.0994. The maximum absolute atomic E-state index is 12.5. The van der Waals surface area contributed by atoms with Gasteiger partial charge in [0.05, 0.1) is 25.7 Å². The minimum Gasteiger partial charge on any atom is -0.497 e. The van der Waals surface area contributed by atoms with E-state index in [0.29, 0.717) is 18.5 Å². The number of carbonyl (C=O) groups is 2. The summed E-state index contributed by atoms with van der Waals surface area (Å²) in [5.41, 5.74) is 1.48. The minimum atomic E-state index is -0.786. The second-order valence-corrected chi connectivity index (χ2v) is 6.67. The van der Waals surface area contributed by atoms with E-state index >= 15 is 0 Å². The van der Waals surface area contributed by atoms with Crippen molar-refractivity contribution in [2.75, 3.05) is 20.2 Å². The number of carbonyl (C=O) groups excluding carboxylic acids is 2. The number of piperidine rings is 1. The van der Waals surface area contributed by atoms with E-state index in [0.717, 1.165) is 11.3 Å². The Hall–Kier alpha value is -2.86. The van der Waals surface area contributed by atoms with E-state index in [1.807, 2.05) is 42.5 Å². The van der Waals surface area contributed by atoms with Crippen molar-refractivity contribution in [2.24, 2.45) is 0 Å². The molecule has 2 amide bonds. The number of benzene rings is 2. The van der Waals surface area contributed by atoms with Crippen LogP contribution in [-0.4, -0.2) is 54.2 Å². The lowest BCUT2D eigenvalue weighted by molar-refractivity contribution is -0.122. The SMILES string of the molecule is COc1ccc(CC(=O)N[C@@H]2CCN(C(=O)c3ccccc3)C[C@H]2O)cc1. The molecule has 0 aromatic heterocycles. The van der Waals surface area contributed by atoms with Crippen molar-refractivity contribution in [1.82, 2.24) is 10.2 Å². The van der Waals surface area contributed by atoms with Gasteiger partial charge >= 0.3 is 0 Å². The normalized spacial score (nSPS) is 19.4. The maximum atomic E-state index is 12.5. The van der Waals surface area contributed by atoms with E-state index in [1.165, 1.54) is 0 Å². The Bertz CT molecular complexity index is 777. The highest BCUT2D eigenvalue weighted by molar-refractivity contribution is 5.94. The molecule has 0 saturated carbocycles. The highest BCUT2D eigenvalue weighted by Crippen LogP contribution is 2.16. The van der Waals surface area contributed by atoms with Crippen molar-refractivity contribution in [3.63, 3.8) is 0 Å². The number of methoxy groups -OCH3 is 1. The van der Waals surface area contributed by atoms with Crippen LogP contribution in [0.3, 0.4) is 0 Å². The Kier molecular flexibility index (Phi) is 6.08. The number of nitrogens with zero attached hydrogens (tertiary/aromatic N) is 1. The van der Waals surface area contributed by atoms with Crippen LogP contribution in [0.15, 0.2) is 54.6 Å². The molecule has 0 bridgehead atoms. The first-order chi connectivity index (χ1) is 13.1. The van der Waals surface area contributed by atoms with Crippen molar-refractivity contribution in [2.45, 2.75) is 25.0 Å². The third-order valence-corrected chi connectivity index (χ3v) is 4.76. The van der Waals surface area contributed by atoms with Crippen LogP contribution in [0.5, 0.6) is 5.75 Å². The molecule has 0 spiro atoms. The van der Waals surface area contributed by atoms with Crippen LogP contribution in [-0.2, 0) is 11.2 Å². The average Bonchev–Trinajstić information content (AvgIpc) is 2.70. The van der Waals surface area contributed by atoms with Crippen molar-refractivity contribution in [3.8, 4) is 5.75 Å². The molecule has 1 aliphatic rings. The molecule has 0 radical (unpaired) electrons. The van der Waals surface area contributed by atoms with Crippen LogP contribution >= 0.6 is 0 Å². The molecule has 0 aliphatic carbocycles. The molecule has 1 saturated heterocycles. The van der Waals surface area contributed by atoms with Crippen molar-refractivity contribution >= 4 is 11.8 Å². The number of likely N-dealkylation sites (tertiary alicyclic amines) is 1. The smallest absolute Gasteiger partial charge is 0.253 e. The summed E-state index contributed by atoms with van der Waals surface area (Å²) in [6.45, 7) is 0.708. The summed E-state index contributed by atoms with van der Waals surface area (Å²) in [7, 11) is 1.60. The molecule has 1 fully saturated rings. The van der Waals surface area contributed by atoms with Gasteiger partial charge in [-0.3, -0.25) is 9.59 Å². The number of hydrogen-bond acceptors (Lipinski definition) is 4. The Morgan fingerprint density at radius 2 is 1.85 bits per heavy atom. The zero-order chi connectivity index (χ0) is 19.2. The van der Waals surface area contributed by atoms with E-state index < -0.39 is 6.10 Å². The predicted octanol–water partition coefficient (Wildman–Crippen LogP) is 1.63. The van der Waals surface area contributed by atoms with E-state index in [-0.39, 0.29) is 30.8 Å². The summed E-state index contributed by atoms with van der Waals surface area (Å²) in [5, 5.41) is 13.3. The summed E-state index contributed by atoms with van der Waals surface area (Å²) in [6, 6.07) is 16.0. The second-order valence-electron chi connectivity index (χ2n) is 6.67. The fourth-order valence-electron chi connectivity index (χ4n) is 3.23. The molecular weight excluding hydrogens is 344 g/mol. The maximum Gasteiger partial charge on any atom is 0.253 e. The Morgan fingerprint density at radius 1 is 1.15 bits per heavy atom. The molecular formula is C21H24N2O4. The van der Waals surface area contributed by atoms with Gasteiger partial charge in [0.15, 0.2) is 0 Å². The van der Waals surface area contributed by atoms with Gasteiger partial charge in [0, 0.05) is 18.7 Å². The lowest BCUT2D eigenvalue weighted by atomic mass is 10.00. The van der Waals surface area contributed by atoms with Gasteiger partial charge in [0.1, 0.15) is 5.75 Å². The third-order valence-electron chi connectivity index (χ3n) is 4.76. The van der Waals surface area contributed by atoms with Crippen LogP contribution in [0, 0.1) is 0 Å². The zero-order valence-corrected chi connectivity index (χ0v) is 15.3. The molecule has 1 heterocycles. The van der Waals surface area contributed by atoms with E-state index in [9.17, 15) is 14.7 Å². The number of hydrogen-bond donors (Lipinski definition) is 2. The molecule has 2 atom stereocenters. The average molecular weight is 368 g/mol. The van der Waals surface area contributed by atoms with Gasteiger partial charge in [0.25, 0.3) is 5.91 Å². The molecule has 142 valence electrons. The van der Waals surface area contributed by atoms with Gasteiger partial charge in [-0.1, -0.05) is 30.3 Å². The quantitative estimate of drug-likeness (QED) is 0.841. The molecule has 2 aromatic carbocycles. The molecule has 6 heteroatoms. The number of ether oxygens (including phenoxy) is 1. The van der Waals surface area contributed by atoms with Crippen LogP contribution < -0.4 is 10.1 Å².